The van der Waals surface area contributed by atoms with Crippen LogP contribution in [-0.4, -0.2) is 33.7 Å². The van der Waals surface area contributed by atoms with Crippen LogP contribution in [0, 0.1) is 20.8 Å². The number of thioether (sulfide) groups is 1. The Morgan fingerprint density at radius 3 is 2.55 bits per heavy atom. The predicted molar refractivity (Wildman–Crippen MR) is 126 cm³/mol. The van der Waals surface area contributed by atoms with Gasteiger partial charge < -0.3 is 10.1 Å². The Morgan fingerprint density at radius 2 is 1.87 bits per heavy atom. The minimum atomic E-state index is -0.421. The van der Waals surface area contributed by atoms with Gasteiger partial charge in [0.05, 0.1) is 23.1 Å². The second kappa shape index (κ2) is 10.1. The fourth-order valence-corrected chi connectivity index (χ4v) is 4.91. The maximum absolute atomic E-state index is 12.9. The summed E-state index contributed by atoms with van der Waals surface area (Å²) in [5.74, 6) is 0.0266. The quantitative estimate of drug-likeness (QED) is 0.291. The van der Waals surface area contributed by atoms with Crippen LogP contribution in [0.3, 0.4) is 0 Å². The van der Waals surface area contributed by atoms with Crippen LogP contribution in [0.1, 0.15) is 40.5 Å². The summed E-state index contributed by atoms with van der Waals surface area (Å²) < 4.78 is 5.16. The normalized spacial score (nSPS) is 11.8. The number of esters is 1. The van der Waals surface area contributed by atoms with E-state index in [4.69, 9.17) is 4.74 Å². The molecule has 0 saturated heterocycles. The van der Waals surface area contributed by atoms with Crippen molar-refractivity contribution in [1.82, 2.24) is 9.97 Å². The number of hydrogen-bond donors (Lipinski definition) is 1. The van der Waals surface area contributed by atoms with Crippen molar-refractivity contribution in [1.29, 1.82) is 0 Å². The van der Waals surface area contributed by atoms with Gasteiger partial charge in [0, 0.05) is 10.4 Å². The fraction of sp³-hybridized carbons (Fsp3) is 0.304. The van der Waals surface area contributed by atoms with Gasteiger partial charge in [-0.05, 0) is 46.2 Å². The van der Waals surface area contributed by atoms with Crippen molar-refractivity contribution >= 4 is 40.0 Å². The van der Waals surface area contributed by atoms with E-state index in [1.165, 1.54) is 23.1 Å². The van der Waals surface area contributed by atoms with E-state index in [2.05, 4.69) is 15.3 Å². The lowest BCUT2D eigenvalue weighted by Gasteiger charge is -2.13. The third kappa shape index (κ3) is 5.51. The maximum atomic E-state index is 12.9. The molecule has 1 atom stereocenters. The summed E-state index contributed by atoms with van der Waals surface area (Å²) in [6, 6.07) is 11.7. The summed E-state index contributed by atoms with van der Waals surface area (Å²) in [5, 5.41) is 3.73. The molecule has 3 rings (SSSR count). The average molecular weight is 456 g/mol. The zero-order chi connectivity index (χ0) is 22.5. The number of aryl methyl sites for hydroxylation is 2. The topological polar surface area (TPSA) is 81.2 Å². The number of anilines is 1. The van der Waals surface area contributed by atoms with Crippen LogP contribution in [0.2, 0.25) is 0 Å². The Morgan fingerprint density at radius 1 is 1.16 bits per heavy atom. The van der Waals surface area contributed by atoms with Gasteiger partial charge in [-0.1, -0.05) is 42.1 Å². The van der Waals surface area contributed by atoms with Crippen molar-refractivity contribution in [2.24, 2.45) is 0 Å². The van der Waals surface area contributed by atoms with Crippen LogP contribution in [0.25, 0.3) is 11.3 Å². The first-order chi connectivity index (χ1) is 14.8. The number of rotatable bonds is 7. The second-order valence-electron chi connectivity index (χ2n) is 6.96. The fourth-order valence-electron chi connectivity index (χ4n) is 2.97. The number of thiophene rings is 1. The number of hydrogen-bond acceptors (Lipinski definition) is 7. The van der Waals surface area contributed by atoms with Crippen LogP contribution in [-0.2, 0) is 9.53 Å². The van der Waals surface area contributed by atoms with Crippen molar-refractivity contribution in [2.75, 3.05) is 11.9 Å². The van der Waals surface area contributed by atoms with Crippen molar-refractivity contribution in [3.63, 3.8) is 0 Å². The molecule has 1 unspecified atom stereocenters. The lowest BCUT2D eigenvalue weighted by atomic mass is 10.1. The molecule has 2 aromatic heterocycles. The second-order valence-corrected chi connectivity index (χ2v) is 9.55. The molecule has 1 amide bonds. The molecule has 0 spiro atoms. The molecule has 0 bridgehead atoms. The summed E-state index contributed by atoms with van der Waals surface area (Å²) in [6.45, 7) is 9.48. The monoisotopic (exact) mass is 455 g/mol. The first kappa shape index (κ1) is 23.0. The highest BCUT2D eigenvalue weighted by Gasteiger charge is 2.24. The Bertz CT molecular complexity index is 1100. The molecule has 0 saturated carbocycles. The number of nitrogens with one attached hydrogen (secondary N) is 1. The van der Waals surface area contributed by atoms with Gasteiger partial charge in [-0.3, -0.25) is 4.79 Å². The van der Waals surface area contributed by atoms with E-state index in [0.29, 0.717) is 16.4 Å². The molecular weight excluding hydrogens is 430 g/mol. The number of carbonyl (C=O) groups is 2. The standard InChI is InChI=1S/C23H25N3O3S2/c1-6-29-23(28)20-13(2)14(3)31-22(20)26-21(27)15(4)30-19-12-18(24-16(5)25-19)17-10-8-7-9-11-17/h7-12,15H,6H2,1-5H3,(H,26,27). The summed E-state index contributed by atoms with van der Waals surface area (Å²) in [4.78, 5) is 35.2. The third-order valence-electron chi connectivity index (χ3n) is 4.65. The zero-order valence-electron chi connectivity index (χ0n) is 18.2. The molecule has 1 aromatic carbocycles. The molecule has 3 aromatic rings. The van der Waals surface area contributed by atoms with Crippen LogP contribution in [0.4, 0.5) is 5.00 Å². The van der Waals surface area contributed by atoms with E-state index < -0.39 is 11.2 Å². The minimum absolute atomic E-state index is 0.200. The molecule has 0 radical (unpaired) electrons. The van der Waals surface area contributed by atoms with E-state index in [0.717, 1.165) is 26.7 Å². The number of aromatic nitrogens is 2. The SMILES string of the molecule is CCOC(=O)c1c(NC(=O)C(C)Sc2cc(-c3ccccc3)nc(C)n2)sc(C)c1C. The molecule has 1 N–H and O–H groups in total. The summed E-state index contributed by atoms with van der Waals surface area (Å²) in [5.41, 5.74) is 3.07. The van der Waals surface area contributed by atoms with Gasteiger partial charge in [0.2, 0.25) is 5.91 Å². The average Bonchev–Trinajstić information content (AvgIpc) is 3.01. The Hall–Kier alpha value is -2.71. The van der Waals surface area contributed by atoms with Crippen molar-refractivity contribution in [2.45, 2.75) is 44.9 Å². The highest BCUT2D eigenvalue weighted by molar-refractivity contribution is 8.00. The van der Waals surface area contributed by atoms with Gasteiger partial charge in [-0.2, -0.15) is 0 Å². The molecule has 6 nitrogen and oxygen atoms in total. The highest BCUT2D eigenvalue weighted by atomic mass is 32.2. The number of nitrogens with zero attached hydrogens (tertiary/aromatic N) is 2. The van der Waals surface area contributed by atoms with E-state index in [-0.39, 0.29) is 12.5 Å². The number of amides is 1. The van der Waals surface area contributed by atoms with Gasteiger partial charge >= 0.3 is 5.97 Å². The maximum Gasteiger partial charge on any atom is 0.341 e. The lowest BCUT2D eigenvalue weighted by Crippen LogP contribution is -2.23. The van der Waals surface area contributed by atoms with Crippen molar-refractivity contribution in [3.8, 4) is 11.3 Å². The number of benzene rings is 1. The van der Waals surface area contributed by atoms with Crippen LogP contribution in [0.5, 0.6) is 0 Å². The molecule has 0 aliphatic rings. The van der Waals surface area contributed by atoms with E-state index in [1.807, 2.05) is 64.1 Å². The first-order valence-electron chi connectivity index (χ1n) is 9.95. The smallest absolute Gasteiger partial charge is 0.341 e. The first-order valence-corrected chi connectivity index (χ1v) is 11.7. The molecule has 31 heavy (non-hydrogen) atoms. The van der Waals surface area contributed by atoms with Crippen LogP contribution in [0.15, 0.2) is 41.4 Å². The largest absolute Gasteiger partial charge is 0.462 e. The summed E-state index contributed by atoms with van der Waals surface area (Å²) in [7, 11) is 0. The zero-order valence-corrected chi connectivity index (χ0v) is 19.8. The summed E-state index contributed by atoms with van der Waals surface area (Å²) >= 11 is 2.74. The van der Waals surface area contributed by atoms with Crippen LogP contribution >= 0.6 is 23.1 Å². The molecule has 162 valence electrons. The van der Waals surface area contributed by atoms with E-state index in [9.17, 15) is 9.59 Å². The van der Waals surface area contributed by atoms with E-state index in [1.54, 1.807) is 6.92 Å². The Kier molecular flexibility index (Phi) is 7.46. The van der Waals surface area contributed by atoms with Crippen molar-refractivity contribution < 1.29 is 14.3 Å². The van der Waals surface area contributed by atoms with E-state index >= 15 is 0 Å². The summed E-state index contributed by atoms with van der Waals surface area (Å²) in [6.07, 6.45) is 0. The predicted octanol–water partition coefficient (Wildman–Crippen LogP) is 5.43. The number of ether oxygens (including phenoxy) is 1. The van der Waals surface area contributed by atoms with Gasteiger partial charge in [0.1, 0.15) is 15.9 Å². The molecule has 8 heteroatoms. The molecule has 0 aliphatic heterocycles. The third-order valence-corrected chi connectivity index (χ3v) is 6.79. The van der Waals surface area contributed by atoms with Crippen molar-refractivity contribution in [3.05, 3.63) is 58.2 Å². The number of carbonyl (C=O) groups excluding carboxylic acids is 2. The molecule has 0 aliphatic carbocycles. The van der Waals surface area contributed by atoms with Gasteiger partial charge in [0.25, 0.3) is 0 Å². The Labute approximate surface area is 190 Å². The molecule has 0 fully saturated rings. The Balaban J connectivity index is 1.77. The highest BCUT2D eigenvalue weighted by Crippen LogP contribution is 2.34. The minimum Gasteiger partial charge on any atom is -0.462 e. The van der Waals surface area contributed by atoms with Gasteiger partial charge in [0.15, 0.2) is 0 Å². The van der Waals surface area contributed by atoms with Gasteiger partial charge in [-0.25, -0.2) is 14.8 Å². The van der Waals surface area contributed by atoms with Crippen LogP contribution < -0.4 is 5.32 Å². The van der Waals surface area contributed by atoms with Gasteiger partial charge in [-0.15, -0.1) is 11.3 Å². The molecule has 2 heterocycles. The molecular formula is C23H25N3O3S2. The lowest BCUT2D eigenvalue weighted by molar-refractivity contribution is -0.115.